The molecule has 0 unspecified atom stereocenters. The molecular formula is C18H16N2O5S. The molecular weight excluding hydrogens is 356 g/mol. The van der Waals surface area contributed by atoms with Gasteiger partial charge < -0.3 is 5.32 Å². The van der Waals surface area contributed by atoms with Crippen LogP contribution >= 0.6 is 0 Å². The summed E-state index contributed by atoms with van der Waals surface area (Å²) in [4.78, 5) is 37.7. The number of sulfone groups is 1. The molecule has 26 heavy (non-hydrogen) atoms. The van der Waals surface area contributed by atoms with E-state index in [-0.39, 0.29) is 23.8 Å². The van der Waals surface area contributed by atoms with E-state index in [2.05, 4.69) is 5.32 Å². The number of nitrogens with one attached hydrogen (secondary N) is 1. The van der Waals surface area contributed by atoms with Crippen molar-refractivity contribution in [1.29, 1.82) is 0 Å². The number of fused-ring (bicyclic) bond motifs is 1. The Labute approximate surface area is 150 Å². The summed E-state index contributed by atoms with van der Waals surface area (Å²) in [5.74, 6) is -1.19. The third kappa shape index (κ3) is 3.50. The van der Waals surface area contributed by atoms with Gasteiger partial charge in [-0.05, 0) is 36.4 Å². The van der Waals surface area contributed by atoms with Crippen LogP contribution < -0.4 is 5.32 Å². The number of hydrogen-bond donors (Lipinski definition) is 1. The molecule has 7 nitrogen and oxygen atoms in total. The lowest BCUT2D eigenvalue weighted by atomic mass is 10.1. The van der Waals surface area contributed by atoms with Gasteiger partial charge in [0.2, 0.25) is 5.91 Å². The summed E-state index contributed by atoms with van der Waals surface area (Å²) in [6.45, 7) is -0.0282. The molecule has 0 aliphatic carbocycles. The van der Waals surface area contributed by atoms with Crippen molar-refractivity contribution in [2.75, 3.05) is 18.1 Å². The van der Waals surface area contributed by atoms with Crippen molar-refractivity contribution in [3.8, 4) is 0 Å². The maximum atomic E-state index is 12.2. The summed E-state index contributed by atoms with van der Waals surface area (Å²) in [7, 11) is -3.30. The quantitative estimate of drug-likeness (QED) is 0.806. The minimum Gasteiger partial charge on any atom is -0.326 e. The van der Waals surface area contributed by atoms with Gasteiger partial charge in [-0.15, -0.1) is 0 Å². The van der Waals surface area contributed by atoms with E-state index in [4.69, 9.17) is 0 Å². The second kappa shape index (κ2) is 6.72. The minimum absolute atomic E-state index is 0.0282. The van der Waals surface area contributed by atoms with Crippen LogP contribution in [0.3, 0.4) is 0 Å². The van der Waals surface area contributed by atoms with Gasteiger partial charge in [-0.3, -0.25) is 19.3 Å². The molecule has 1 N–H and O–H groups in total. The van der Waals surface area contributed by atoms with Crippen molar-refractivity contribution in [3.63, 3.8) is 0 Å². The van der Waals surface area contributed by atoms with Crippen LogP contribution in [0.5, 0.6) is 0 Å². The van der Waals surface area contributed by atoms with Crippen molar-refractivity contribution in [2.24, 2.45) is 0 Å². The summed E-state index contributed by atoms with van der Waals surface area (Å²) in [6.07, 6.45) is 1.04. The van der Waals surface area contributed by atoms with Gasteiger partial charge in [0.1, 0.15) is 0 Å². The van der Waals surface area contributed by atoms with E-state index in [1.54, 1.807) is 24.3 Å². The Bertz CT molecular complexity index is 961. The highest BCUT2D eigenvalue weighted by molar-refractivity contribution is 7.90. The second-order valence-corrected chi connectivity index (χ2v) is 7.92. The molecule has 0 saturated carbocycles. The Morgan fingerprint density at radius 2 is 1.50 bits per heavy atom. The number of imide groups is 1. The van der Waals surface area contributed by atoms with Crippen LogP contribution in [-0.2, 0) is 14.6 Å². The van der Waals surface area contributed by atoms with E-state index in [0.717, 1.165) is 11.2 Å². The molecule has 0 aromatic heterocycles. The predicted molar refractivity (Wildman–Crippen MR) is 94.6 cm³/mol. The molecule has 0 atom stereocenters. The van der Waals surface area contributed by atoms with Gasteiger partial charge in [0.05, 0.1) is 16.0 Å². The van der Waals surface area contributed by atoms with Crippen molar-refractivity contribution in [1.82, 2.24) is 4.90 Å². The molecule has 1 heterocycles. The van der Waals surface area contributed by atoms with Gasteiger partial charge in [-0.1, -0.05) is 12.1 Å². The van der Waals surface area contributed by atoms with E-state index in [1.807, 2.05) is 0 Å². The zero-order chi connectivity index (χ0) is 18.9. The van der Waals surface area contributed by atoms with Crippen molar-refractivity contribution < 1.29 is 22.8 Å². The second-order valence-electron chi connectivity index (χ2n) is 5.90. The van der Waals surface area contributed by atoms with E-state index in [1.165, 1.54) is 24.3 Å². The monoisotopic (exact) mass is 372 g/mol. The molecule has 1 aliphatic heterocycles. The molecule has 0 saturated heterocycles. The first-order valence-corrected chi connectivity index (χ1v) is 9.72. The van der Waals surface area contributed by atoms with Crippen LogP contribution in [0, 0.1) is 0 Å². The summed E-state index contributed by atoms with van der Waals surface area (Å²) in [6, 6.07) is 12.3. The molecule has 0 bridgehead atoms. The van der Waals surface area contributed by atoms with Gasteiger partial charge in [0.15, 0.2) is 9.84 Å². The fourth-order valence-corrected chi connectivity index (χ4v) is 3.29. The lowest BCUT2D eigenvalue weighted by molar-refractivity contribution is -0.116. The van der Waals surface area contributed by atoms with Crippen molar-refractivity contribution in [2.45, 2.75) is 11.3 Å². The zero-order valence-corrected chi connectivity index (χ0v) is 14.7. The lowest BCUT2D eigenvalue weighted by Gasteiger charge is -2.13. The SMILES string of the molecule is CS(=O)(=O)c1ccc(NC(=O)CCN2C(=O)c3ccccc3C2=O)cc1. The van der Waals surface area contributed by atoms with Crippen LogP contribution in [0.25, 0.3) is 0 Å². The summed E-state index contributed by atoms with van der Waals surface area (Å²) in [5.41, 5.74) is 1.12. The number of anilines is 1. The fourth-order valence-electron chi connectivity index (χ4n) is 2.66. The first-order valence-electron chi connectivity index (χ1n) is 7.82. The molecule has 0 radical (unpaired) electrons. The summed E-state index contributed by atoms with van der Waals surface area (Å²) < 4.78 is 22.8. The van der Waals surface area contributed by atoms with E-state index in [9.17, 15) is 22.8 Å². The van der Waals surface area contributed by atoms with E-state index in [0.29, 0.717) is 16.8 Å². The third-order valence-electron chi connectivity index (χ3n) is 4.01. The van der Waals surface area contributed by atoms with Crippen molar-refractivity contribution >= 4 is 33.2 Å². The van der Waals surface area contributed by atoms with Gasteiger partial charge >= 0.3 is 0 Å². The average molecular weight is 372 g/mol. The predicted octanol–water partition coefficient (Wildman–Crippen LogP) is 1.71. The highest BCUT2D eigenvalue weighted by Crippen LogP contribution is 2.22. The fraction of sp³-hybridized carbons (Fsp3) is 0.167. The maximum Gasteiger partial charge on any atom is 0.261 e. The summed E-state index contributed by atoms with van der Waals surface area (Å²) >= 11 is 0. The Morgan fingerprint density at radius 3 is 2.00 bits per heavy atom. The van der Waals surface area contributed by atoms with Crippen LogP contribution in [0.15, 0.2) is 53.4 Å². The number of rotatable bonds is 5. The van der Waals surface area contributed by atoms with Crippen LogP contribution in [0.4, 0.5) is 5.69 Å². The first kappa shape index (κ1) is 17.8. The Balaban J connectivity index is 1.60. The highest BCUT2D eigenvalue weighted by atomic mass is 32.2. The third-order valence-corrected chi connectivity index (χ3v) is 5.14. The number of benzene rings is 2. The molecule has 8 heteroatoms. The van der Waals surface area contributed by atoms with Gasteiger partial charge in [0.25, 0.3) is 11.8 Å². The average Bonchev–Trinajstić information content (AvgIpc) is 2.84. The number of carbonyl (C=O) groups excluding carboxylic acids is 3. The lowest BCUT2D eigenvalue weighted by Crippen LogP contribution is -2.32. The van der Waals surface area contributed by atoms with E-state index < -0.39 is 21.7 Å². The molecule has 3 amide bonds. The highest BCUT2D eigenvalue weighted by Gasteiger charge is 2.34. The first-order chi connectivity index (χ1) is 12.3. The minimum atomic E-state index is -3.30. The number of hydrogen-bond acceptors (Lipinski definition) is 5. The maximum absolute atomic E-state index is 12.2. The Hall–Kier alpha value is -3.00. The number of nitrogens with zero attached hydrogens (tertiary/aromatic N) is 1. The molecule has 1 aliphatic rings. The van der Waals surface area contributed by atoms with Crippen LogP contribution in [0.2, 0.25) is 0 Å². The zero-order valence-electron chi connectivity index (χ0n) is 13.9. The standard InChI is InChI=1S/C18H16N2O5S/c1-26(24,25)13-8-6-12(7-9-13)19-16(21)10-11-20-17(22)14-4-2-3-5-15(14)18(20)23/h2-9H,10-11H2,1H3,(H,19,21). The van der Waals surface area contributed by atoms with Crippen LogP contribution in [0.1, 0.15) is 27.1 Å². The van der Waals surface area contributed by atoms with Gasteiger partial charge in [-0.2, -0.15) is 0 Å². The molecule has 2 aromatic rings. The van der Waals surface area contributed by atoms with Crippen LogP contribution in [-0.4, -0.2) is 43.8 Å². The number of carbonyl (C=O) groups is 3. The van der Waals surface area contributed by atoms with Gasteiger partial charge in [-0.25, -0.2) is 8.42 Å². The molecule has 3 rings (SSSR count). The normalized spacial score (nSPS) is 13.7. The molecule has 0 fully saturated rings. The summed E-state index contributed by atoms with van der Waals surface area (Å²) in [5, 5.41) is 2.61. The van der Waals surface area contributed by atoms with Gasteiger partial charge in [0, 0.05) is 24.9 Å². The number of amides is 3. The Morgan fingerprint density at radius 1 is 0.962 bits per heavy atom. The molecule has 2 aromatic carbocycles. The van der Waals surface area contributed by atoms with E-state index >= 15 is 0 Å². The molecule has 134 valence electrons. The topological polar surface area (TPSA) is 101 Å². The van der Waals surface area contributed by atoms with Crippen molar-refractivity contribution in [3.05, 3.63) is 59.7 Å². The largest absolute Gasteiger partial charge is 0.326 e. The smallest absolute Gasteiger partial charge is 0.261 e. The molecule has 0 spiro atoms. The Kier molecular flexibility index (Phi) is 4.60.